The van der Waals surface area contributed by atoms with Crippen LogP contribution < -0.4 is 16.6 Å². The number of hydrogen-bond acceptors (Lipinski definition) is 4. The largest absolute Gasteiger partial charge is 0.480 e. The minimum absolute atomic E-state index is 0.628. The number of carbonyl (C=O) groups excluding carboxylic acids is 2. The first kappa shape index (κ1) is 10.4. The van der Waals surface area contributed by atoms with Crippen molar-refractivity contribution in [3.8, 4) is 0 Å². The van der Waals surface area contributed by atoms with Gasteiger partial charge in [0.2, 0.25) is 0 Å². The second kappa shape index (κ2) is 4.29. The van der Waals surface area contributed by atoms with E-state index in [-0.39, 0.29) is 0 Å². The van der Waals surface area contributed by atoms with E-state index in [4.69, 9.17) is 5.11 Å². The number of hydrogen-bond donors (Lipinski definition) is 4. The Morgan fingerprint density at radius 3 is 2.17 bits per heavy atom. The predicted octanol–water partition coefficient (Wildman–Crippen LogP) is -1.80. The van der Waals surface area contributed by atoms with Crippen LogP contribution in [0.1, 0.15) is 6.92 Å². The van der Waals surface area contributed by atoms with E-state index >= 15 is 0 Å². The quantitative estimate of drug-likeness (QED) is 0.296. The molecule has 0 aromatic rings. The smallest absolute Gasteiger partial charge is 0.330 e. The van der Waals surface area contributed by atoms with Crippen molar-refractivity contribution >= 4 is 17.8 Å². The number of nitrogens with one attached hydrogen (secondary N) is 2. The van der Waals surface area contributed by atoms with Crippen LogP contribution in [0.4, 0.5) is 4.79 Å². The van der Waals surface area contributed by atoms with Gasteiger partial charge in [0.25, 0.3) is 0 Å². The number of nitrogens with two attached hydrogens (primary N) is 1. The maximum absolute atomic E-state index is 10.6. The van der Waals surface area contributed by atoms with Crippen LogP contribution in [0, 0.1) is 0 Å². The average molecular weight is 175 g/mol. The molecular formula is C5H9N3O4. The van der Waals surface area contributed by atoms with E-state index in [2.05, 4.69) is 5.73 Å². The number of carbonyl (C=O) groups is 3. The summed E-state index contributed by atoms with van der Waals surface area (Å²) in [6.45, 7) is 1.08. The molecule has 0 saturated carbocycles. The molecule has 0 heterocycles. The number of urea groups is 1. The van der Waals surface area contributed by atoms with Crippen LogP contribution in [0.25, 0.3) is 0 Å². The molecule has 1 atom stereocenters. The second-order valence-corrected chi connectivity index (χ2v) is 2.02. The van der Waals surface area contributed by atoms with Gasteiger partial charge < -0.3 is 10.8 Å². The first-order chi connectivity index (χ1) is 5.45. The first-order valence-corrected chi connectivity index (χ1v) is 2.99. The van der Waals surface area contributed by atoms with Crippen molar-refractivity contribution in [3.05, 3.63) is 0 Å². The SMILES string of the molecule is CC(=O)C(NNC(N)=O)C(=O)O. The molecule has 0 aliphatic rings. The highest BCUT2D eigenvalue weighted by Crippen LogP contribution is 1.83. The van der Waals surface area contributed by atoms with Crippen LogP contribution >= 0.6 is 0 Å². The number of amides is 2. The normalized spacial score (nSPS) is 11.8. The van der Waals surface area contributed by atoms with Crippen molar-refractivity contribution in [2.45, 2.75) is 13.0 Å². The van der Waals surface area contributed by atoms with Crippen LogP contribution in [0.3, 0.4) is 0 Å². The number of hydrazine groups is 1. The average Bonchev–Trinajstić information content (AvgIpc) is 1.84. The van der Waals surface area contributed by atoms with Crippen molar-refractivity contribution in [1.82, 2.24) is 10.9 Å². The van der Waals surface area contributed by atoms with Crippen LogP contribution in [0.15, 0.2) is 0 Å². The zero-order valence-electron chi connectivity index (χ0n) is 6.33. The molecule has 0 aliphatic carbocycles. The number of Topliss-reactive ketones (excluding diaryl/α,β-unsaturated/α-hetero) is 1. The Morgan fingerprint density at radius 1 is 1.42 bits per heavy atom. The Labute approximate surface area is 67.9 Å². The van der Waals surface area contributed by atoms with Gasteiger partial charge in [-0.1, -0.05) is 0 Å². The van der Waals surface area contributed by atoms with Crippen LogP contribution in [-0.2, 0) is 9.59 Å². The third kappa shape index (κ3) is 3.52. The summed E-state index contributed by atoms with van der Waals surface area (Å²) in [6, 6.07) is -2.42. The summed E-state index contributed by atoms with van der Waals surface area (Å²) in [5.74, 6) is -2.01. The summed E-state index contributed by atoms with van der Waals surface area (Å²) < 4.78 is 0. The maximum atomic E-state index is 10.6. The molecular weight excluding hydrogens is 166 g/mol. The summed E-state index contributed by atoms with van der Waals surface area (Å²) in [5, 5.41) is 8.38. The van der Waals surface area contributed by atoms with Gasteiger partial charge in [-0.15, -0.1) is 0 Å². The van der Waals surface area contributed by atoms with E-state index in [1.165, 1.54) is 0 Å². The number of carboxylic acid groups (broad SMARTS) is 1. The minimum atomic E-state index is -1.46. The van der Waals surface area contributed by atoms with Gasteiger partial charge in [-0.25, -0.2) is 15.0 Å². The summed E-state index contributed by atoms with van der Waals surface area (Å²) in [5.41, 5.74) is 8.36. The van der Waals surface area contributed by atoms with E-state index in [0.717, 1.165) is 6.92 Å². The number of rotatable bonds is 4. The minimum Gasteiger partial charge on any atom is -0.480 e. The maximum Gasteiger partial charge on any atom is 0.330 e. The van der Waals surface area contributed by atoms with Gasteiger partial charge in [0.05, 0.1) is 0 Å². The Bertz CT molecular complexity index is 201. The van der Waals surface area contributed by atoms with Crippen molar-refractivity contribution in [1.29, 1.82) is 0 Å². The molecule has 0 aromatic heterocycles. The Kier molecular flexibility index (Phi) is 3.71. The third-order valence-electron chi connectivity index (χ3n) is 0.993. The van der Waals surface area contributed by atoms with E-state index < -0.39 is 23.8 Å². The Balaban J connectivity index is 4.06. The number of primary amides is 1. The Hall–Kier alpha value is -1.63. The zero-order chi connectivity index (χ0) is 9.72. The van der Waals surface area contributed by atoms with Gasteiger partial charge in [0.1, 0.15) is 0 Å². The lowest BCUT2D eigenvalue weighted by Crippen LogP contribution is -2.53. The lowest BCUT2D eigenvalue weighted by molar-refractivity contribution is -0.143. The standard InChI is InChI=1S/C5H9N3O4/c1-2(9)3(4(10)11)7-8-5(6)12/h3,7H,1H3,(H,10,11)(H3,6,8,12). The van der Waals surface area contributed by atoms with Gasteiger partial charge in [0, 0.05) is 0 Å². The van der Waals surface area contributed by atoms with Crippen LogP contribution in [-0.4, -0.2) is 28.9 Å². The molecule has 0 spiro atoms. The number of aliphatic carboxylic acids is 1. The molecule has 7 heteroatoms. The van der Waals surface area contributed by atoms with Crippen LogP contribution in [0.5, 0.6) is 0 Å². The van der Waals surface area contributed by atoms with E-state index in [1.54, 1.807) is 5.43 Å². The second-order valence-electron chi connectivity index (χ2n) is 2.02. The van der Waals surface area contributed by atoms with Gasteiger partial charge in [-0.05, 0) is 6.92 Å². The highest BCUT2D eigenvalue weighted by atomic mass is 16.4. The summed E-state index contributed by atoms with van der Waals surface area (Å²) in [7, 11) is 0. The number of carboxylic acids is 1. The van der Waals surface area contributed by atoms with Crippen molar-refractivity contribution in [3.63, 3.8) is 0 Å². The van der Waals surface area contributed by atoms with Crippen LogP contribution in [0.2, 0.25) is 0 Å². The third-order valence-corrected chi connectivity index (χ3v) is 0.993. The summed E-state index contributed by atoms with van der Waals surface area (Å²) in [6.07, 6.45) is 0. The fourth-order valence-corrected chi connectivity index (χ4v) is 0.481. The molecule has 0 aliphatic heterocycles. The topological polar surface area (TPSA) is 122 Å². The van der Waals surface area contributed by atoms with Crippen molar-refractivity contribution in [2.75, 3.05) is 0 Å². The summed E-state index contributed by atoms with van der Waals surface area (Å²) >= 11 is 0. The monoisotopic (exact) mass is 175 g/mol. The lowest BCUT2D eigenvalue weighted by Gasteiger charge is -2.09. The molecule has 0 aromatic carbocycles. The molecule has 2 amide bonds. The van der Waals surface area contributed by atoms with Gasteiger partial charge in [-0.3, -0.25) is 10.2 Å². The Morgan fingerprint density at radius 2 is 1.92 bits per heavy atom. The molecule has 7 nitrogen and oxygen atoms in total. The number of ketones is 1. The molecule has 0 fully saturated rings. The summed E-state index contributed by atoms with van der Waals surface area (Å²) in [4.78, 5) is 30.9. The molecule has 0 radical (unpaired) electrons. The fraction of sp³-hybridized carbons (Fsp3) is 0.400. The van der Waals surface area contributed by atoms with Gasteiger partial charge in [-0.2, -0.15) is 0 Å². The molecule has 68 valence electrons. The molecule has 0 rings (SSSR count). The van der Waals surface area contributed by atoms with E-state index in [9.17, 15) is 14.4 Å². The molecule has 12 heavy (non-hydrogen) atoms. The van der Waals surface area contributed by atoms with Gasteiger partial charge in [0.15, 0.2) is 11.8 Å². The van der Waals surface area contributed by atoms with E-state index in [0.29, 0.717) is 0 Å². The first-order valence-electron chi connectivity index (χ1n) is 2.99. The zero-order valence-corrected chi connectivity index (χ0v) is 6.33. The highest BCUT2D eigenvalue weighted by Gasteiger charge is 2.21. The molecule has 1 unspecified atom stereocenters. The predicted molar refractivity (Wildman–Crippen MR) is 38.0 cm³/mol. The van der Waals surface area contributed by atoms with Crippen molar-refractivity contribution < 1.29 is 19.5 Å². The van der Waals surface area contributed by atoms with E-state index in [1.807, 2.05) is 5.43 Å². The molecule has 0 bridgehead atoms. The highest BCUT2D eigenvalue weighted by molar-refractivity contribution is 6.01. The fourth-order valence-electron chi connectivity index (χ4n) is 0.481. The lowest BCUT2D eigenvalue weighted by atomic mass is 10.2. The molecule has 0 saturated heterocycles. The molecule has 5 N–H and O–H groups in total. The van der Waals surface area contributed by atoms with Gasteiger partial charge >= 0.3 is 12.0 Å². The van der Waals surface area contributed by atoms with Crippen molar-refractivity contribution in [2.24, 2.45) is 5.73 Å².